The topological polar surface area (TPSA) is 29.9 Å². The van der Waals surface area contributed by atoms with Crippen LogP contribution < -0.4 is 5.32 Å². The van der Waals surface area contributed by atoms with Gasteiger partial charge in [0, 0.05) is 12.6 Å². The van der Waals surface area contributed by atoms with Gasteiger partial charge in [0.25, 0.3) is 0 Å². The molecule has 1 aromatic heterocycles. The molecule has 3 nitrogen and oxygen atoms in total. The molecule has 0 amide bonds. The summed E-state index contributed by atoms with van der Waals surface area (Å²) in [5, 5.41) is 7.95. The summed E-state index contributed by atoms with van der Waals surface area (Å²) in [5.74, 6) is 0. The van der Waals surface area contributed by atoms with Gasteiger partial charge in [0.1, 0.15) is 0 Å². The molecule has 1 N–H and O–H groups in total. The van der Waals surface area contributed by atoms with E-state index in [1.54, 1.807) is 0 Å². The van der Waals surface area contributed by atoms with Crippen molar-refractivity contribution in [3.05, 3.63) is 17.5 Å². The van der Waals surface area contributed by atoms with E-state index in [9.17, 15) is 0 Å². The highest BCUT2D eigenvalue weighted by molar-refractivity contribution is 5.14. The van der Waals surface area contributed by atoms with Gasteiger partial charge in [0.05, 0.1) is 11.4 Å². The van der Waals surface area contributed by atoms with Crippen LogP contribution in [0.4, 0.5) is 0 Å². The van der Waals surface area contributed by atoms with Crippen molar-refractivity contribution in [1.82, 2.24) is 15.1 Å². The van der Waals surface area contributed by atoms with Crippen LogP contribution in [0.3, 0.4) is 0 Å². The molecule has 2 heterocycles. The Morgan fingerprint density at radius 1 is 1.69 bits per heavy atom. The van der Waals surface area contributed by atoms with Crippen LogP contribution in [0, 0.1) is 6.92 Å². The molecule has 0 aliphatic carbocycles. The first-order chi connectivity index (χ1) is 6.31. The number of nitrogens with zero attached hydrogens (tertiary/aromatic N) is 2. The minimum absolute atomic E-state index is 0.543. The number of aryl methyl sites for hydroxylation is 2. The average Bonchev–Trinajstić information content (AvgIpc) is 2.71. The predicted molar refractivity (Wildman–Crippen MR) is 52.6 cm³/mol. The fourth-order valence-electron chi connectivity index (χ4n) is 2.04. The fourth-order valence-corrected chi connectivity index (χ4v) is 2.04. The first-order valence-corrected chi connectivity index (χ1v) is 5.09. The Balaban J connectivity index is 2.26. The summed E-state index contributed by atoms with van der Waals surface area (Å²) < 4.78 is 2.11. The second-order valence-corrected chi connectivity index (χ2v) is 3.68. The van der Waals surface area contributed by atoms with Crippen molar-refractivity contribution in [2.24, 2.45) is 0 Å². The SMILES string of the molecule is CCn1nc(C)cc1C1CCCN1. The number of aromatic nitrogens is 2. The molecule has 1 saturated heterocycles. The lowest BCUT2D eigenvalue weighted by atomic mass is 10.1. The lowest BCUT2D eigenvalue weighted by Gasteiger charge is -2.11. The maximum absolute atomic E-state index is 4.45. The lowest BCUT2D eigenvalue weighted by Crippen LogP contribution is -2.17. The zero-order chi connectivity index (χ0) is 9.26. The third-order valence-corrected chi connectivity index (χ3v) is 2.65. The van der Waals surface area contributed by atoms with Gasteiger partial charge >= 0.3 is 0 Å². The van der Waals surface area contributed by atoms with E-state index < -0.39 is 0 Å². The molecule has 1 aromatic rings. The molecule has 0 bridgehead atoms. The Morgan fingerprint density at radius 2 is 2.54 bits per heavy atom. The van der Waals surface area contributed by atoms with E-state index in [-0.39, 0.29) is 0 Å². The van der Waals surface area contributed by atoms with Crippen molar-refractivity contribution in [3.8, 4) is 0 Å². The molecule has 72 valence electrons. The van der Waals surface area contributed by atoms with Crippen molar-refractivity contribution in [3.63, 3.8) is 0 Å². The highest BCUT2D eigenvalue weighted by atomic mass is 15.3. The van der Waals surface area contributed by atoms with Gasteiger partial charge in [0.15, 0.2) is 0 Å². The van der Waals surface area contributed by atoms with E-state index in [4.69, 9.17) is 0 Å². The Bertz CT molecular complexity index is 284. The number of rotatable bonds is 2. The largest absolute Gasteiger partial charge is 0.309 e. The monoisotopic (exact) mass is 179 g/mol. The molecule has 0 radical (unpaired) electrons. The van der Waals surface area contributed by atoms with Gasteiger partial charge in [-0.3, -0.25) is 4.68 Å². The first kappa shape index (κ1) is 8.75. The molecule has 1 aliphatic rings. The summed E-state index contributed by atoms with van der Waals surface area (Å²) in [4.78, 5) is 0. The Labute approximate surface area is 79.1 Å². The van der Waals surface area contributed by atoms with E-state index in [2.05, 4.69) is 35.0 Å². The maximum Gasteiger partial charge on any atom is 0.0597 e. The second-order valence-electron chi connectivity index (χ2n) is 3.68. The van der Waals surface area contributed by atoms with Crippen molar-refractivity contribution in [2.75, 3.05) is 6.54 Å². The van der Waals surface area contributed by atoms with E-state index in [1.165, 1.54) is 18.5 Å². The quantitative estimate of drug-likeness (QED) is 0.748. The number of nitrogens with one attached hydrogen (secondary N) is 1. The van der Waals surface area contributed by atoms with E-state index in [0.717, 1.165) is 18.8 Å². The van der Waals surface area contributed by atoms with Crippen LogP contribution in [-0.2, 0) is 6.54 Å². The molecule has 13 heavy (non-hydrogen) atoms. The van der Waals surface area contributed by atoms with E-state index >= 15 is 0 Å². The smallest absolute Gasteiger partial charge is 0.0597 e. The summed E-state index contributed by atoms with van der Waals surface area (Å²) in [7, 11) is 0. The molecule has 2 rings (SSSR count). The minimum atomic E-state index is 0.543. The normalized spacial score (nSPS) is 22.5. The van der Waals surface area contributed by atoms with E-state index in [1.807, 2.05) is 0 Å². The zero-order valence-electron chi connectivity index (χ0n) is 8.38. The van der Waals surface area contributed by atoms with Gasteiger partial charge in [-0.05, 0) is 39.3 Å². The molecular weight excluding hydrogens is 162 g/mol. The Kier molecular flexibility index (Phi) is 2.36. The Morgan fingerprint density at radius 3 is 3.15 bits per heavy atom. The van der Waals surface area contributed by atoms with Gasteiger partial charge in [-0.2, -0.15) is 5.10 Å². The van der Waals surface area contributed by atoms with Crippen LogP contribution in [0.5, 0.6) is 0 Å². The summed E-state index contributed by atoms with van der Waals surface area (Å²) >= 11 is 0. The summed E-state index contributed by atoms with van der Waals surface area (Å²) in [5.41, 5.74) is 2.49. The maximum atomic E-state index is 4.45. The number of hydrogen-bond acceptors (Lipinski definition) is 2. The Hall–Kier alpha value is -0.830. The predicted octanol–water partition coefficient (Wildman–Crippen LogP) is 1.64. The summed E-state index contributed by atoms with van der Waals surface area (Å²) in [6.45, 7) is 6.33. The van der Waals surface area contributed by atoms with Crippen LogP contribution in [0.25, 0.3) is 0 Å². The van der Waals surface area contributed by atoms with Gasteiger partial charge in [-0.1, -0.05) is 0 Å². The van der Waals surface area contributed by atoms with Crippen molar-refractivity contribution < 1.29 is 0 Å². The van der Waals surface area contributed by atoms with Crippen molar-refractivity contribution in [2.45, 2.75) is 39.3 Å². The van der Waals surface area contributed by atoms with Crippen LogP contribution in [-0.4, -0.2) is 16.3 Å². The molecule has 1 atom stereocenters. The zero-order valence-corrected chi connectivity index (χ0v) is 8.38. The minimum Gasteiger partial charge on any atom is -0.309 e. The van der Waals surface area contributed by atoms with Crippen LogP contribution in [0.1, 0.15) is 37.2 Å². The lowest BCUT2D eigenvalue weighted by molar-refractivity contribution is 0.539. The molecule has 3 heteroatoms. The molecule has 1 unspecified atom stereocenters. The first-order valence-electron chi connectivity index (χ1n) is 5.09. The van der Waals surface area contributed by atoms with Crippen LogP contribution in [0.2, 0.25) is 0 Å². The third-order valence-electron chi connectivity index (χ3n) is 2.65. The second kappa shape index (κ2) is 3.50. The van der Waals surface area contributed by atoms with Crippen LogP contribution >= 0.6 is 0 Å². The fraction of sp³-hybridized carbons (Fsp3) is 0.700. The van der Waals surface area contributed by atoms with Gasteiger partial charge in [-0.15, -0.1) is 0 Å². The van der Waals surface area contributed by atoms with Crippen molar-refractivity contribution in [1.29, 1.82) is 0 Å². The third kappa shape index (κ3) is 1.61. The highest BCUT2D eigenvalue weighted by Gasteiger charge is 2.19. The molecule has 0 aromatic carbocycles. The standard InChI is InChI=1S/C10H17N3/c1-3-13-10(7-8(2)12-13)9-5-4-6-11-9/h7,9,11H,3-6H2,1-2H3. The average molecular weight is 179 g/mol. The highest BCUT2D eigenvalue weighted by Crippen LogP contribution is 2.23. The molecular formula is C10H17N3. The van der Waals surface area contributed by atoms with Crippen molar-refractivity contribution >= 4 is 0 Å². The summed E-state index contributed by atoms with van der Waals surface area (Å²) in [6.07, 6.45) is 2.55. The molecule has 1 aliphatic heterocycles. The summed E-state index contributed by atoms with van der Waals surface area (Å²) in [6, 6.07) is 2.74. The molecule has 1 fully saturated rings. The number of hydrogen-bond donors (Lipinski definition) is 1. The molecule has 0 saturated carbocycles. The van der Waals surface area contributed by atoms with Crippen LogP contribution in [0.15, 0.2) is 6.07 Å². The van der Waals surface area contributed by atoms with Gasteiger partial charge < -0.3 is 5.32 Å². The van der Waals surface area contributed by atoms with Gasteiger partial charge in [0.2, 0.25) is 0 Å². The van der Waals surface area contributed by atoms with Gasteiger partial charge in [-0.25, -0.2) is 0 Å². The molecule has 0 spiro atoms. The van der Waals surface area contributed by atoms with E-state index in [0.29, 0.717) is 6.04 Å².